The quantitative estimate of drug-likeness (QED) is 0.906. The first kappa shape index (κ1) is 14.3. The number of halogens is 2. The van der Waals surface area contributed by atoms with Crippen LogP contribution in [0, 0.1) is 0 Å². The Bertz CT molecular complexity index is 654. The van der Waals surface area contributed by atoms with Gasteiger partial charge in [-0.3, -0.25) is 0 Å². The van der Waals surface area contributed by atoms with Gasteiger partial charge in [0.05, 0.1) is 21.3 Å². The molecular weight excluding hydrogens is 305 g/mol. The first-order chi connectivity index (χ1) is 9.40. The van der Waals surface area contributed by atoms with Gasteiger partial charge in [0.15, 0.2) is 5.69 Å². The van der Waals surface area contributed by atoms with Crippen molar-refractivity contribution in [3.63, 3.8) is 0 Å². The third-order valence-electron chi connectivity index (χ3n) is 2.54. The Kier molecular flexibility index (Phi) is 3.92. The van der Waals surface area contributed by atoms with Gasteiger partial charge in [0, 0.05) is 5.56 Å². The summed E-state index contributed by atoms with van der Waals surface area (Å²) in [5, 5.41) is 18.1. The van der Waals surface area contributed by atoms with Crippen molar-refractivity contribution in [3.05, 3.63) is 51.6 Å². The van der Waals surface area contributed by atoms with Crippen LogP contribution in [0.4, 0.5) is 0 Å². The lowest BCUT2D eigenvalue weighted by molar-refractivity contribution is 0.0682. The summed E-state index contributed by atoms with van der Waals surface area (Å²) in [5.74, 6) is -2.44. The van der Waals surface area contributed by atoms with Crippen LogP contribution in [-0.4, -0.2) is 27.1 Å². The average Bonchev–Trinajstić information content (AvgIpc) is 2.39. The highest BCUT2D eigenvalue weighted by molar-refractivity contribution is 6.34. The Hall–Kier alpha value is -2.11. The fourth-order valence-electron chi connectivity index (χ4n) is 1.60. The van der Waals surface area contributed by atoms with Crippen molar-refractivity contribution >= 4 is 35.1 Å². The Morgan fingerprint density at radius 2 is 1.60 bits per heavy atom. The Morgan fingerprint density at radius 3 is 2.20 bits per heavy atom. The van der Waals surface area contributed by atoms with Crippen molar-refractivity contribution in [1.29, 1.82) is 0 Å². The molecule has 5 nitrogen and oxygen atoms in total. The summed E-state index contributed by atoms with van der Waals surface area (Å²) < 4.78 is 0. The summed E-state index contributed by atoms with van der Waals surface area (Å²) in [6.07, 6.45) is 0. The fourth-order valence-corrected chi connectivity index (χ4v) is 1.99. The molecule has 2 rings (SSSR count). The summed E-state index contributed by atoms with van der Waals surface area (Å²) in [5.41, 5.74) is 0.353. The predicted molar refractivity (Wildman–Crippen MR) is 73.6 cm³/mol. The number of carboxylic acid groups (broad SMARTS) is 2. The van der Waals surface area contributed by atoms with Crippen LogP contribution in [0.2, 0.25) is 10.0 Å². The molecule has 0 amide bonds. The molecule has 2 N–H and O–H groups in total. The number of carbonyl (C=O) groups is 2. The van der Waals surface area contributed by atoms with Gasteiger partial charge in [-0.25, -0.2) is 14.6 Å². The molecule has 1 heterocycles. The number of pyridine rings is 1. The molecule has 0 aliphatic carbocycles. The van der Waals surface area contributed by atoms with Crippen LogP contribution in [0.1, 0.15) is 20.8 Å². The van der Waals surface area contributed by atoms with Gasteiger partial charge in [-0.15, -0.1) is 0 Å². The molecule has 0 aliphatic rings. The number of hydrogen-bond donors (Lipinski definition) is 2. The molecular formula is C13H7Cl2NO4. The second-order valence-electron chi connectivity index (χ2n) is 3.83. The number of benzene rings is 1. The van der Waals surface area contributed by atoms with E-state index in [-0.39, 0.29) is 21.3 Å². The number of rotatable bonds is 3. The lowest BCUT2D eigenvalue weighted by atomic mass is 10.1. The van der Waals surface area contributed by atoms with Crippen LogP contribution in [0.25, 0.3) is 11.3 Å². The van der Waals surface area contributed by atoms with Crippen LogP contribution >= 0.6 is 23.2 Å². The molecule has 102 valence electrons. The molecule has 0 saturated heterocycles. The number of aromatic nitrogens is 1. The lowest BCUT2D eigenvalue weighted by Crippen LogP contribution is -2.03. The maximum atomic E-state index is 11.0. The van der Waals surface area contributed by atoms with Gasteiger partial charge < -0.3 is 10.2 Å². The molecule has 0 spiro atoms. The highest BCUT2D eigenvalue weighted by Gasteiger charge is 2.14. The molecule has 20 heavy (non-hydrogen) atoms. The van der Waals surface area contributed by atoms with Crippen LogP contribution in [-0.2, 0) is 0 Å². The molecule has 0 unspecified atom stereocenters. The normalized spacial score (nSPS) is 10.3. The highest BCUT2D eigenvalue weighted by Crippen LogP contribution is 2.26. The van der Waals surface area contributed by atoms with E-state index in [0.29, 0.717) is 11.3 Å². The van der Waals surface area contributed by atoms with E-state index in [4.69, 9.17) is 33.4 Å². The van der Waals surface area contributed by atoms with Crippen molar-refractivity contribution in [2.45, 2.75) is 0 Å². The molecule has 0 aliphatic heterocycles. The van der Waals surface area contributed by atoms with Crippen molar-refractivity contribution in [1.82, 2.24) is 4.98 Å². The van der Waals surface area contributed by atoms with Crippen molar-refractivity contribution in [3.8, 4) is 11.3 Å². The summed E-state index contributed by atoms with van der Waals surface area (Å²) in [6.45, 7) is 0. The van der Waals surface area contributed by atoms with E-state index in [1.165, 1.54) is 24.3 Å². The third kappa shape index (κ3) is 2.74. The van der Waals surface area contributed by atoms with Gasteiger partial charge in [0.25, 0.3) is 0 Å². The third-order valence-corrected chi connectivity index (χ3v) is 3.18. The van der Waals surface area contributed by atoms with E-state index in [9.17, 15) is 9.59 Å². The van der Waals surface area contributed by atoms with Crippen molar-refractivity contribution < 1.29 is 19.8 Å². The number of carboxylic acids is 2. The highest BCUT2D eigenvalue weighted by atomic mass is 35.5. The van der Waals surface area contributed by atoms with E-state index in [1.807, 2.05) is 0 Å². The van der Waals surface area contributed by atoms with E-state index in [2.05, 4.69) is 4.98 Å². The van der Waals surface area contributed by atoms with E-state index < -0.39 is 11.9 Å². The molecule has 0 atom stereocenters. The van der Waals surface area contributed by atoms with Gasteiger partial charge in [-0.2, -0.15) is 0 Å². The van der Waals surface area contributed by atoms with E-state index >= 15 is 0 Å². The molecule has 0 saturated carbocycles. The number of hydrogen-bond acceptors (Lipinski definition) is 3. The maximum Gasteiger partial charge on any atom is 0.356 e. The summed E-state index contributed by atoms with van der Waals surface area (Å²) >= 11 is 11.5. The van der Waals surface area contributed by atoms with E-state index in [0.717, 1.165) is 0 Å². The minimum absolute atomic E-state index is 0.00803. The minimum atomic E-state index is -1.26. The maximum absolute atomic E-state index is 11.0. The van der Waals surface area contributed by atoms with Crippen molar-refractivity contribution in [2.75, 3.05) is 0 Å². The van der Waals surface area contributed by atoms with Crippen LogP contribution in [0.5, 0.6) is 0 Å². The average molecular weight is 312 g/mol. The van der Waals surface area contributed by atoms with Crippen LogP contribution in [0.3, 0.4) is 0 Å². The Balaban J connectivity index is 2.57. The first-order valence-corrected chi connectivity index (χ1v) is 6.09. The second-order valence-corrected chi connectivity index (χ2v) is 4.65. The van der Waals surface area contributed by atoms with Gasteiger partial charge in [0.1, 0.15) is 0 Å². The number of aromatic carboxylic acids is 2. The largest absolute Gasteiger partial charge is 0.478 e. The van der Waals surface area contributed by atoms with Gasteiger partial charge >= 0.3 is 11.9 Å². The van der Waals surface area contributed by atoms with Crippen LogP contribution in [0.15, 0.2) is 30.3 Å². The molecule has 0 radical (unpaired) electrons. The fraction of sp³-hybridized carbons (Fsp3) is 0. The topological polar surface area (TPSA) is 87.5 Å². The van der Waals surface area contributed by atoms with Crippen LogP contribution < -0.4 is 0 Å². The predicted octanol–water partition coefficient (Wildman–Crippen LogP) is 3.45. The lowest BCUT2D eigenvalue weighted by Gasteiger charge is -2.06. The minimum Gasteiger partial charge on any atom is -0.478 e. The Morgan fingerprint density at radius 1 is 0.950 bits per heavy atom. The molecule has 2 aromatic rings. The monoisotopic (exact) mass is 311 g/mol. The zero-order valence-corrected chi connectivity index (χ0v) is 11.3. The summed E-state index contributed by atoms with van der Waals surface area (Å²) in [6, 6.07) is 7.19. The molecule has 1 aromatic carbocycles. The second kappa shape index (κ2) is 5.48. The van der Waals surface area contributed by atoms with Gasteiger partial charge in [-0.05, 0) is 24.3 Å². The smallest absolute Gasteiger partial charge is 0.356 e. The zero-order chi connectivity index (χ0) is 14.9. The molecule has 7 heteroatoms. The number of nitrogens with zero attached hydrogens (tertiary/aromatic N) is 1. The summed E-state index contributed by atoms with van der Waals surface area (Å²) in [4.78, 5) is 25.9. The first-order valence-electron chi connectivity index (χ1n) is 5.33. The van der Waals surface area contributed by atoms with E-state index in [1.54, 1.807) is 6.07 Å². The zero-order valence-electron chi connectivity index (χ0n) is 9.80. The molecule has 0 fully saturated rings. The Labute approximate surface area is 123 Å². The molecule has 1 aromatic heterocycles. The summed E-state index contributed by atoms with van der Waals surface area (Å²) in [7, 11) is 0. The van der Waals surface area contributed by atoms with Crippen molar-refractivity contribution in [2.24, 2.45) is 0 Å². The van der Waals surface area contributed by atoms with Gasteiger partial charge in [-0.1, -0.05) is 29.3 Å². The SMILES string of the molecule is O=C(O)c1cc(-c2ccc(Cl)c(C(=O)O)n2)ccc1Cl. The van der Waals surface area contributed by atoms with Gasteiger partial charge in [0.2, 0.25) is 0 Å². The standard InChI is InChI=1S/C13H7Cl2NO4/c14-8-2-1-6(5-7(8)12(17)18)10-4-3-9(15)11(16-10)13(19)20/h1-5H,(H,17,18)(H,19,20). The molecule has 0 bridgehead atoms.